The molecule has 1 aliphatic heterocycles. The second kappa shape index (κ2) is 7.58. The molecule has 1 atom stereocenters. The number of carbonyl (C=O) groups excluding carboxylic acids is 1. The van der Waals surface area contributed by atoms with Crippen LogP contribution in [0.15, 0.2) is 48.7 Å². The normalized spacial score (nSPS) is 16.5. The summed E-state index contributed by atoms with van der Waals surface area (Å²) in [6.07, 6.45) is 2.21. The molecule has 138 valence electrons. The van der Waals surface area contributed by atoms with Crippen LogP contribution in [-0.2, 0) is 0 Å². The maximum absolute atomic E-state index is 12.4. The fourth-order valence-electron chi connectivity index (χ4n) is 2.95. The maximum Gasteiger partial charge on any atom is 0.321 e. The molecule has 1 saturated heterocycles. The Morgan fingerprint density at radius 2 is 1.96 bits per heavy atom. The first-order chi connectivity index (χ1) is 13.1. The molecule has 1 aromatic heterocycles. The van der Waals surface area contributed by atoms with Gasteiger partial charge in [-0.25, -0.2) is 14.8 Å². The lowest BCUT2D eigenvalue weighted by molar-refractivity contribution is 0.190. The van der Waals surface area contributed by atoms with Crippen LogP contribution in [0.25, 0.3) is 11.0 Å². The summed E-state index contributed by atoms with van der Waals surface area (Å²) >= 11 is 11.9. The van der Waals surface area contributed by atoms with Gasteiger partial charge in [0, 0.05) is 18.7 Å². The molecule has 6 nitrogen and oxygen atoms in total. The van der Waals surface area contributed by atoms with Crippen molar-refractivity contribution in [2.45, 2.75) is 12.5 Å². The molecule has 1 aliphatic rings. The number of aromatic nitrogens is 2. The summed E-state index contributed by atoms with van der Waals surface area (Å²) in [5.41, 5.74) is 2.19. The van der Waals surface area contributed by atoms with Crippen molar-refractivity contribution < 1.29 is 9.53 Å². The number of benzene rings is 2. The number of nitrogens with zero attached hydrogens (tertiary/aromatic N) is 3. The van der Waals surface area contributed by atoms with E-state index < -0.39 is 0 Å². The van der Waals surface area contributed by atoms with Gasteiger partial charge in [0.2, 0.25) is 5.88 Å². The molecule has 2 heterocycles. The van der Waals surface area contributed by atoms with Gasteiger partial charge in [0.25, 0.3) is 0 Å². The standard InChI is InChI=1S/C19H16Cl2N4O2/c20-14-6-5-12(9-15(14)21)23-19(26)25-8-7-13(11-25)27-18-10-22-16-3-1-2-4-17(16)24-18/h1-6,9-10,13H,7-8,11H2,(H,23,26). The second-order valence-electron chi connectivity index (χ2n) is 6.23. The van der Waals surface area contributed by atoms with Gasteiger partial charge in [0.1, 0.15) is 6.10 Å². The summed E-state index contributed by atoms with van der Waals surface area (Å²) in [7, 11) is 0. The molecule has 4 rings (SSSR count). The van der Waals surface area contributed by atoms with E-state index in [1.807, 2.05) is 24.3 Å². The molecule has 0 radical (unpaired) electrons. The Labute approximate surface area is 166 Å². The molecule has 2 aromatic carbocycles. The van der Waals surface area contributed by atoms with Crippen molar-refractivity contribution >= 4 is 46.0 Å². The number of urea groups is 1. The van der Waals surface area contributed by atoms with Gasteiger partial charge in [0.15, 0.2) is 0 Å². The van der Waals surface area contributed by atoms with Gasteiger partial charge < -0.3 is 15.0 Å². The van der Waals surface area contributed by atoms with E-state index in [1.165, 1.54) is 0 Å². The van der Waals surface area contributed by atoms with Gasteiger partial charge in [-0.3, -0.25) is 0 Å². The fourth-order valence-corrected chi connectivity index (χ4v) is 3.25. The molecule has 8 heteroatoms. The highest BCUT2D eigenvalue weighted by atomic mass is 35.5. The predicted molar refractivity (Wildman–Crippen MR) is 106 cm³/mol. The van der Waals surface area contributed by atoms with E-state index in [2.05, 4.69) is 15.3 Å². The van der Waals surface area contributed by atoms with E-state index in [4.69, 9.17) is 27.9 Å². The third-order valence-electron chi connectivity index (χ3n) is 4.32. The average molecular weight is 403 g/mol. The largest absolute Gasteiger partial charge is 0.471 e. The lowest BCUT2D eigenvalue weighted by Gasteiger charge is -2.18. The summed E-state index contributed by atoms with van der Waals surface area (Å²) < 4.78 is 5.92. The molecule has 0 spiro atoms. The van der Waals surface area contributed by atoms with Gasteiger partial charge in [-0.1, -0.05) is 35.3 Å². The molecule has 27 heavy (non-hydrogen) atoms. The van der Waals surface area contributed by atoms with Crippen LogP contribution in [0.5, 0.6) is 5.88 Å². The highest BCUT2D eigenvalue weighted by Crippen LogP contribution is 2.25. The minimum Gasteiger partial charge on any atom is -0.471 e. The van der Waals surface area contributed by atoms with Gasteiger partial charge in [-0.15, -0.1) is 0 Å². The Morgan fingerprint density at radius 1 is 1.15 bits per heavy atom. The quantitative estimate of drug-likeness (QED) is 0.693. The molecule has 1 N–H and O–H groups in total. The van der Waals surface area contributed by atoms with Gasteiger partial charge >= 0.3 is 6.03 Å². The Morgan fingerprint density at radius 3 is 2.78 bits per heavy atom. The van der Waals surface area contributed by atoms with Crippen LogP contribution in [0.1, 0.15) is 6.42 Å². The van der Waals surface area contributed by atoms with Crippen molar-refractivity contribution in [2.75, 3.05) is 18.4 Å². The number of amides is 2. The lowest BCUT2D eigenvalue weighted by atomic mass is 10.3. The number of para-hydroxylation sites is 2. The summed E-state index contributed by atoms with van der Waals surface area (Å²) in [6.45, 7) is 1.07. The zero-order valence-corrected chi connectivity index (χ0v) is 15.7. The Balaban J connectivity index is 1.37. The number of ether oxygens (including phenoxy) is 1. The lowest BCUT2D eigenvalue weighted by Crippen LogP contribution is -2.34. The molecular formula is C19H16Cl2N4O2. The van der Waals surface area contributed by atoms with Crippen LogP contribution in [-0.4, -0.2) is 40.1 Å². The number of likely N-dealkylation sites (tertiary alicyclic amines) is 1. The molecule has 2 amide bonds. The highest BCUT2D eigenvalue weighted by Gasteiger charge is 2.28. The molecule has 0 aliphatic carbocycles. The highest BCUT2D eigenvalue weighted by molar-refractivity contribution is 6.42. The third kappa shape index (κ3) is 4.07. The van der Waals surface area contributed by atoms with Crippen molar-refractivity contribution in [3.63, 3.8) is 0 Å². The first-order valence-corrected chi connectivity index (χ1v) is 9.23. The number of hydrogen-bond acceptors (Lipinski definition) is 4. The first-order valence-electron chi connectivity index (χ1n) is 8.48. The number of rotatable bonds is 3. The van der Waals surface area contributed by atoms with Crippen LogP contribution in [0.4, 0.5) is 10.5 Å². The average Bonchev–Trinajstić information content (AvgIpc) is 3.13. The number of carbonyl (C=O) groups is 1. The topological polar surface area (TPSA) is 67.4 Å². The summed E-state index contributed by atoms with van der Waals surface area (Å²) in [6, 6.07) is 12.4. The fraction of sp³-hybridized carbons (Fsp3) is 0.211. The molecule has 1 fully saturated rings. The predicted octanol–water partition coefficient (Wildman–Crippen LogP) is 4.62. The van der Waals surface area contributed by atoms with E-state index >= 15 is 0 Å². The van der Waals surface area contributed by atoms with Crippen molar-refractivity contribution in [3.05, 3.63) is 58.7 Å². The second-order valence-corrected chi connectivity index (χ2v) is 7.04. The van der Waals surface area contributed by atoms with Crippen LogP contribution >= 0.6 is 23.2 Å². The van der Waals surface area contributed by atoms with E-state index in [0.29, 0.717) is 34.7 Å². The zero-order chi connectivity index (χ0) is 18.8. The van der Waals surface area contributed by atoms with E-state index in [1.54, 1.807) is 29.3 Å². The number of halogens is 2. The van der Waals surface area contributed by atoms with Gasteiger partial charge in [-0.2, -0.15) is 0 Å². The van der Waals surface area contributed by atoms with Crippen LogP contribution in [0, 0.1) is 0 Å². The summed E-state index contributed by atoms with van der Waals surface area (Å²) in [5.74, 6) is 0.463. The van der Waals surface area contributed by atoms with E-state index in [0.717, 1.165) is 17.5 Å². The Kier molecular flexibility index (Phi) is 5.01. The van der Waals surface area contributed by atoms with Crippen molar-refractivity contribution in [2.24, 2.45) is 0 Å². The van der Waals surface area contributed by atoms with Crippen LogP contribution < -0.4 is 10.1 Å². The molecular weight excluding hydrogens is 387 g/mol. The number of anilines is 1. The monoisotopic (exact) mass is 402 g/mol. The minimum absolute atomic E-state index is 0.125. The van der Waals surface area contributed by atoms with Crippen molar-refractivity contribution in [1.82, 2.24) is 14.9 Å². The van der Waals surface area contributed by atoms with Crippen LogP contribution in [0.2, 0.25) is 10.0 Å². The summed E-state index contributed by atoms with van der Waals surface area (Å²) in [5, 5.41) is 3.66. The Bertz CT molecular complexity index is 998. The number of fused-ring (bicyclic) bond motifs is 1. The number of hydrogen-bond donors (Lipinski definition) is 1. The first kappa shape index (κ1) is 17.8. The zero-order valence-electron chi connectivity index (χ0n) is 14.2. The van der Waals surface area contributed by atoms with Crippen LogP contribution in [0.3, 0.4) is 0 Å². The molecule has 0 saturated carbocycles. The van der Waals surface area contributed by atoms with Gasteiger partial charge in [0.05, 0.1) is 33.8 Å². The smallest absolute Gasteiger partial charge is 0.321 e. The van der Waals surface area contributed by atoms with Crippen molar-refractivity contribution in [1.29, 1.82) is 0 Å². The third-order valence-corrected chi connectivity index (χ3v) is 5.06. The number of nitrogens with one attached hydrogen (secondary N) is 1. The maximum atomic E-state index is 12.4. The van der Waals surface area contributed by atoms with Gasteiger partial charge in [-0.05, 0) is 30.3 Å². The summed E-state index contributed by atoms with van der Waals surface area (Å²) in [4.78, 5) is 22.9. The SMILES string of the molecule is O=C(Nc1ccc(Cl)c(Cl)c1)N1CCC(Oc2cnc3ccccc3n2)C1. The Hall–Kier alpha value is -2.57. The molecule has 1 unspecified atom stereocenters. The van der Waals surface area contributed by atoms with E-state index in [9.17, 15) is 4.79 Å². The van der Waals surface area contributed by atoms with E-state index in [-0.39, 0.29) is 12.1 Å². The molecule has 0 bridgehead atoms. The minimum atomic E-state index is -0.205. The molecule has 3 aromatic rings. The van der Waals surface area contributed by atoms with Crippen molar-refractivity contribution in [3.8, 4) is 5.88 Å².